The van der Waals surface area contributed by atoms with E-state index in [1.807, 2.05) is 0 Å². The van der Waals surface area contributed by atoms with Crippen LogP contribution >= 0.6 is 0 Å². The standard InChI is InChI=1S/C15H24N6O4S/c1-15(2,3)14-20-11-12(17-7-18-13(11)21-14)19-9-4-8(10(22)5-9)6-25-26(16,23)24/h7-10,22H,4-6H2,1-3H3,(H2,16,23,24)(H2,17,18,19,20,21)/p+1/t8-,9+,10-/m0/s1. The summed E-state index contributed by atoms with van der Waals surface area (Å²) in [6.45, 7) is 6.05. The van der Waals surface area contributed by atoms with Crippen LogP contribution < -0.4 is 15.4 Å². The van der Waals surface area contributed by atoms with Crippen LogP contribution in [0.15, 0.2) is 6.33 Å². The highest BCUT2D eigenvalue weighted by atomic mass is 32.2. The van der Waals surface area contributed by atoms with Crippen molar-refractivity contribution >= 4 is 27.3 Å². The fourth-order valence-electron chi connectivity index (χ4n) is 3.12. The van der Waals surface area contributed by atoms with Crippen molar-refractivity contribution in [3.63, 3.8) is 0 Å². The van der Waals surface area contributed by atoms with Gasteiger partial charge in [0.05, 0.1) is 18.8 Å². The van der Waals surface area contributed by atoms with E-state index < -0.39 is 16.4 Å². The van der Waals surface area contributed by atoms with Crippen LogP contribution in [0.25, 0.3) is 11.2 Å². The second-order valence-corrected chi connectivity index (χ2v) is 8.95. The minimum absolute atomic E-state index is 0.0534. The first-order valence-corrected chi connectivity index (χ1v) is 9.88. The summed E-state index contributed by atoms with van der Waals surface area (Å²) in [4.78, 5) is 15.1. The highest BCUT2D eigenvalue weighted by Gasteiger charge is 2.36. The molecule has 0 aromatic carbocycles. The summed E-state index contributed by atoms with van der Waals surface area (Å²) in [6, 6.07) is -0.0534. The molecule has 26 heavy (non-hydrogen) atoms. The zero-order valence-electron chi connectivity index (χ0n) is 15.0. The van der Waals surface area contributed by atoms with Crippen molar-refractivity contribution in [2.45, 2.75) is 51.2 Å². The van der Waals surface area contributed by atoms with E-state index in [1.165, 1.54) is 0 Å². The van der Waals surface area contributed by atoms with E-state index >= 15 is 0 Å². The molecule has 1 saturated carbocycles. The monoisotopic (exact) mass is 385 g/mol. The second kappa shape index (κ2) is 6.72. The molecule has 0 radical (unpaired) electrons. The molecule has 0 unspecified atom stereocenters. The lowest BCUT2D eigenvalue weighted by Crippen LogP contribution is -2.24. The van der Waals surface area contributed by atoms with Crippen molar-refractivity contribution < 1.29 is 22.7 Å². The number of aliphatic hydroxyl groups is 1. The number of fused-ring (bicyclic) bond motifs is 1. The molecule has 1 aliphatic carbocycles. The minimum atomic E-state index is -4.01. The van der Waals surface area contributed by atoms with E-state index in [9.17, 15) is 13.5 Å². The smallest absolute Gasteiger partial charge is 0.333 e. The van der Waals surface area contributed by atoms with Crippen molar-refractivity contribution in [1.29, 1.82) is 0 Å². The molecule has 0 aliphatic heterocycles. The summed E-state index contributed by atoms with van der Waals surface area (Å²) in [6.07, 6.45) is 1.91. The number of aliphatic hydroxyl groups excluding tert-OH is 1. The zero-order chi connectivity index (χ0) is 19.1. The van der Waals surface area contributed by atoms with Gasteiger partial charge in [-0.15, -0.1) is 0 Å². The molecule has 2 aromatic heterocycles. The molecule has 2 heterocycles. The molecule has 0 bridgehead atoms. The molecular weight excluding hydrogens is 360 g/mol. The summed E-state index contributed by atoms with van der Waals surface area (Å²) >= 11 is 0. The van der Waals surface area contributed by atoms with E-state index in [1.54, 1.807) is 6.33 Å². The highest BCUT2D eigenvalue weighted by Crippen LogP contribution is 2.30. The molecule has 2 aromatic rings. The van der Waals surface area contributed by atoms with Gasteiger partial charge in [0.15, 0.2) is 5.52 Å². The van der Waals surface area contributed by atoms with Crippen LogP contribution in [0.1, 0.15) is 39.4 Å². The molecule has 1 fully saturated rings. The van der Waals surface area contributed by atoms with Crippen LogP contribution in [0, 0.1) is 5.92 Å². The quantitative estimate of drug-likeness (QED) is 0.557. The van der Waals surface area contributed by atoms with Gasteiger partial charge >= 0.3 is 10.3 Å². The molecule has 6 N–H and O–H groups in total. The maximum atomic E-state index is 10.9. The maximum absolute atomic E-state index is 10.9. The molecule has 144 valence electrons. The first-order chi connectivity index (χ1) is 12.0. The number of hydrogen-bond acceptors (Lipinski definition) is 7. The van der Waals surface area contributed by atoms with Crippen molar-refractivity contribution in [2.75, 3.05) is 11.9 Å². The highest BCUT2D eigenvalue weighted by molar-refractivity contribution is 7.84. The van der Waals surface area contributed by atoms with Gasteiger partial charge in [-0.05, 0) is 6.42 Å². The molecule has 0 saturated heterocycles. The molecule has 1 aliphatic rings. The Hall–Kier alpha value is -1.82. The molecule has 3 rings (SSSR count). The van der Waals surface area contributed by atoms with E-state index in [0.29, 0.717) is 18.5 Å². The number of nitrogens with one attached hydrogen (secondary N) is 3. The van der Waals surface area contributed by atoms with Crippen LogP contribution in [0.2, 0.25) is 0 Å². The Kier molecular flexibility index (Phi) is 4.90. The van der Waals surface area contributed by atoms with Gasteiger partial charge in [-0.2, -0.15) is 13.4 Å². The Balaban J connectivity index is 1.74. The number of imidazole rings is 1. The summed E-state index contributed by atoms with van der Waals surface area (Å²) < 4.78 is 26.5. The molecule has 11 heteroatoms. The minimum Gasteiger partial charge on any atom is -0.393 e. The third-order valence-corrected chi connectivity index (χ3v) is 4.96. The van der Waals surface area contributed by atoms with Crippen molar-refractivity contribution in [2.24, 2.45) is 11.1 Å². The number of H-pyrrole nitrogens is 2. The van der Waals surface area contributed by atoms with Crippen molar-refractivity contribution in [1.82, 2.24) is 15.0 Å². The number of nitrogens with two attached hydrogens (primary N) is 1. The van der Waals surface area contributed by atoms with E-state index in [-0.39, 0.29) is 24.0 Å². The number of anilines is 1. The predicted octanol–water partition coefficient (Wildman–Crippen LogP) is -0.159. The molecule has 0 amide bonds. The normalized spacial score (nSPS) is 24.3. The third kappa shape index (κ3) is 4.29. The zero-order valence-corrected chi connectivity index (χ0v) is 15.8. The van der Waals surface area contributed by atoms with Gasteiger partial charge in [-0.3, -0.25) is 4.18 Å². The Morgan fingerprint density at radius 3 is 2.85 bits per heavy atom. The van der Waals surface area contributed by atoms with Gasteiger partial charge in [0.1, 0.15) is 5.82 Å². The maximum Gasteiger partial charge on any atom is 0.333 e. The van der Waals surface area contributed by atoms with Crippen LogP contribution in [-0.2, 0) is 19.9 Å². The SMILES string of the molecule is CC(C)(C)c1nc2nc[nH+]c(N[C@@H]3C[C@@H](COS(N)(=O)=O)[C@@H](O)C3)c2[nH]1. The largest absolute Gasteiger partial charge is 0.393 e. The fourth-order valence-corrected chi connectivity index (χ4v) is 3.48. The van der Waals surface area contributed by atoms with Gasteiger partial charge in [-0.1, -0.05) is 25.8 Å². The topological polar surface area (TPSA) is 157 Å². The average molecular weight is 385 g/mol. The van der Waals surface area contributed by atoms with Crippen LogP contribution in [0.3, 0.4) is 0 Å². The average Bonchev–Trinajstić information content (AvgIpc) is 3.08. The Bertz CT molecular complexity index is 891. The number of aromatic amines is 2. The van der Waals surface area contributed by atoms with Gasteiger partial charge in [0.2, 0.25) is 12.1 Å². The summed E-state index contributed by atoms with van der Waals surface area (Å²) in [5.74, 6) is 1.24. The van der Waals surface area contributed by atoms with Gasteiger partial charge in [-0.25, -0.2) is 10.1 Å². The van der Waals surface area contributed by atoms with Gasteiger partial charge < -0.3 is 15.4 Å². The lowest BCUT2D eigenvalue weighted by molar-refractivity contribution is -0.364. The summed E-state index contributed by atoms with van der Waals surface area (Å²) in [5.41, 5.74) is 1.22. The Labute approximate surface area is 151 Å². The molecule has 10 nitrogen and oxygen atoms in total. The van der Waals surface area contributed by atoms with Crippen LogP contribution in [0.4, 0.5) is 5.82 Å². The molecular formula is C15H25N6O4S+. The second-order valence-electron chi connectivity index (χ2n) is 7.73. The molecule has 3 atom stereocenters. The number of hydrogen-bond donors (Lipinski definition) is 4. The first kappa shape index (κ1) is 19.0. The predicted molar refractivity (Wildman–Crippen MR) is 94.3 cm³/mol. The summed E-state index contributed by atoms with van der Waals surface area (Å²) in [7, 11) is -4.01. The lowest BCUT2D eigenvalue weighted by atomic mass is 9.96. The number of rotatable bonds is 5. The fraction of sp³-hybridized carbons (Fsp3) is 0.667. The van der Waals surface area contributed by atoms with E-state index in [2.05, 4.69) is 50.2 Å². The van der Waals surface area contributed by atoms with Crippen LogP contribution in [-0.4, -0.2) is 47.2 Å². The Morgan fingerprint density at radius 2 is 2.19 bits per heavy atom. The van der Waals surface area contributed by atoms with Crippen molar-refractivity contribution in [3.8, 4) is 0 Å². The summed E-state index contributed by atoms with van der Waals surface area (Å²) in [5, 5.41) is 18.3. The number of aromatic nitrogens is 4. The van der Waals surface area contributed by atoms with Gasteiger partial charge in [0, 0.05) is 17.8 Å². The first-order valence-electron chi connectivity index (χ1n) is 8.41. The molecule has 0 spiro atoms. The van der Waals surface area contributed by atoms with Gasteiger partial charge in [0.25, 0.3) is 5.65 Å². The Morgan fingerprint density at radius 1 is 1.46 bits per heavy atom. The third-order valence-electron chi connectivity index (χ3n) is 4.49. The van der Waals surface area contributed by atoms with Crippen LogP contribution in [0.5, 0.6) is 0 Å². The lowest BCUT2D eigenvalue weighted by Gasteiger charge is -2.13. The van der Waals surface area contributed by atoms with E-state index in [0.717, 1.165) is 17.2 Å². The number of nitrogens with zero attached hydrogens (tertiary/aromatic N) is 2. The van der Waals surface area contributed by atoms with Crippen molar-refractivity contribution in [3.05, 3.63) is 12.2 Å². The van der Waals surface area contributed by atoms with E-state index in [4.69, 9.17) is 5.14 Å².